The number of imidazole rings is 1. The lowest BCUT2D eigenvalue weighted by Crippen LogP contribution is -2.17. The number of H-pyrrole nitrogens is 1. The predicted octanol–water partition coefficient (Wildman–Crippen LogP) is 3.03. The average Bonchev–Trinajstić information content (AvgIpc) is 2.98. The van der Waals surface area contributed by atoms with Gasteiger partial charge in [-0.05, 0) is 13.5 Å². The molecule has 6 heteroatoms. The lowest BCUT2D eigenvalue weighted by atomic mass is 10.2. The molecule has 0 fully saturated rings. The van der Waals surface area contributed by atoms with Crippen molar-refractivity contribution in [2.24, 2.45) is 0 Å². The highest BCUT2D eigenvalue weighted by Crippen LogP contribution is 2.16. The minimum Gasteiger partial charge on any atom is -0.364 e. The fraction of sp³-hybridized carbons (Fsp3) is 0.538. The van der Waals surface area contributed by atoms with Crippen LogP contribution in [0.5, 0.6) is 0 Å². The van der Waals surface area contributed by atoms with Crippen molar-refractivity contribution in [1.29, 1.82) is 0 Å². The Morgan fingerprint density at radius 1 is 1.42 bits per heavy atom. The topological polar surface area (TPSA) is 58.0 Å². The first-order valence-corrected chi connectivity index (χ1v) is 6.88. The smallest absolute Gasteiger partial charge is 0.151 e. The van der Waals surface area contributed by atoms with E-state index in [4.69, 9.17) is 16.1 Å². The Kier molecular flexibility index (Phi) is 4.99. The second-order valence-corrected chi connectivity index (χ2v) is 5.08. The van der Waals surface area contributed by atoms with E-state index in [0.717, 1.165) is 43.0 Å². The molecule has 0 spiro atoms. The van der Waals surface area contributed by atoms with Crippen LogP contribution in [0.25, 0.3) is 0 Å². The molecular weight excluding hydrogens is 264 g/mol. The largest absolute Gasteiger partial charge is 0.364 e. The molecular formula is C13H19ClN4O. The molecule has 2 rings (SSSR count). The van der Waals surface area contributed by atoms with Crippen LogP contribution in [0.3, 0.4) is 0 Å². The van der Waals surface area contributed by atoms with Crippen LogP contribution in [0.2, 0.25) is 5.15 Å². The number of hydrogen-bond donors (Lipinski definition) is 1. The molecule has 0 aliphatic heterocycles. The third-order valence-corrected chi connectivity index (χ3v) is 3.21. The number of aryl methyl sites for hydroxylation is 1. The van der Waals surface area contributed by atoms with Gasteiger partial charge in [-0.25, -0.2) is 4.98 Å². The second kappa shape index (κ2) is 6.73. The van der Waals surface area contributed by atoms with E-state index in [0.29, 0.717) is 11.7 Å². The van der Waals surface area contributed by atoms with E-state index in [1.165, 1.54) is 0 Å². The summed E-state index contributed by atoms with van der Waals surface area (Å²) in [5.41, 5.74) is 1.86. The Labute approximate surface area is 118 Å². The molecule has 2 aromatic heterocycles. The van der Waals surface area contributed by atoms with Gasteiger partial charge in [0.1, 0.15) is 12.1 Å². The van der Waals surface area contributed by atoms with E-state index >= 15 is 0 Å². The third-order valence-electron chi connectivity index (χ3n) is 2.90. The Hall–Kier alpha value is -1.33. The molecule has 0 saturated heterocycles. The fourth-order valence-corrected chi connectivity index (χ4v) is 2.14. The molecule has 5 nitrogen and oxygen atoms in total. The summed E-state index contributed by atoms with van der Waals surface area (Å²) in [5.74, 6) is 0.969. The van der Waals surface area contributed by atoms with Gasteiger partial charge in [0, 0.05) is 25.6 Å². The number of unbranched alkanes of at least 4 members (excludes halogenated alkanes) is 1. The zero-order valence-corrected chi connectivity index (χ0v) is 12.1. The minimum atomic E-state index is 0.568. The van der Waals surface area contributed by atoms with Gasteiger partial charge in [-0.2, -0.15) is 0 Å². The molecule has 0 aliphatic carbocycles. The summed E-state index contributed by atoms with van der Waals surface area (Å²) in [5, 5.41) is 4.46. The Morgan fingerprint density at radius 2 is 2.26 bits per heavy atom. The zero-order chi connectivity index (χ0) is 13.7. The first-order chi connectivity index (χ1) is 9.19. The van der Waals surface area contributed by atoms with Crippen LogP contribution in [0.4, 0.5) is 0 Å². The third kappa shape index (κ3) is 4.08. The zero-order valence-electron chi connectivity index (χ0n) is 11.3. The van der Waals surface area contributed by atoms with Crippen LogP contribution in [0, 0.1) is 0 Å². The molecule has 104 valence electrons. The van der Waals surface area contributed by atoms with Crippen molar-refractivity contribution >= 4 is 11.6 Å². The number of nitrogens with zero attached hydrogens (tertiary/aromatic N) is 3. The van der Waals surface area contributed by atoms with Crippen molar-refractivity contribution < 1.29 is 4.52 Å². The molecule has 0 atom stereocenters. The number of nitrogens with one attached hydrogen (secondary N) is 1. The van der Waals surface area contributed by atoms with Crippen molar-refractivity contribution in [2.75, 3.05) is 7.05 Å². The van der Waals surface area contributed by atoms with Gasteiger partial charge in [0.25, 0.3) is 0 Å². The van der Waals surface area contributed by atoms with Crippen molar-refractivity contribution in [3.63, 3.8) is 0 Å². The summed E-state index contributed by atoms with van der Waals surface area (Å²) in [6.45, 7) is 3.60. The van der Waals surface area contributed by atoms with Gasteiger partial charge >= 0.3 is 0 Å². The van der Waals surface area contributed by atoms with E-state index in [1.54, 1.807) is 6.26 Å². The van der Waals surface area contributed by atoms with Crippen LogP contribution < -0.4 is 0 Å². The van der Waals surface area contributed by atoms with E-state index in [-0.39, 0.29) is 0 Å². The van der Waals surface area contributed by atoms with E-state index in [1.807, 2.05) is 13.1 Å². The lowest BCUT2D eigenvalue weighted by molar-refractivity contribution is 0.300. The van der Waals surface area contributed by atoms with Gasteiger partial charge in [0.05, 0.1) is 11.4 Å². The second-order valence-electron chi connectivity index (χ2n) is 4.72. The molecule has 0 saturated carbocycles. The number of aromatic nitrogens is 3. The minimum absolute atomic E-state index is 0.568. The van der Waals surface area contributed by atoms with Crippen molar-refractivity contribution in [2.45, 2.75) is 39.3 Å². The highest BCUT2D eigenvalue weighted by atomic mass is 35.5. The molecule has 0 aliphatic rings. The lowest BCUT2D eigenvalue weighted by Gasteiger charge is -2.13. The van der Waals surface area contributed by atoms with Crippen molar-refractivity contribution in [3.05, 3.63) is 34.7 Å². The van der Waals surface area contributed by atoms with Crippen LogP contribution in [-0.2, 0) is 19.5 Å². The number of halogens is 1. The molecule has 2 heterocycles. The van der Waals surface area contributed by atoms with Gasteiger partial charge in [-0.3, -0.25) is 4.90 Å². The summed E-state index contributed by atoms with van der Waals surface area (Å²) in [6, 6.07) is 1.86. The predicted molar refractivity (Wildman–Crippen MR) is 73.9 cm³/mol. The molecule has 1 N–H and O–H groups in total. The summed E-state index contributed by atoms with van der Waals surface area (Å²) in [4.78, 5) is 9.76. The van der Waals surface area contributed by atoms with Gasteiger partial charge in [-0.15, -0.1) is 0 Å². The summed E-state index contributed by atoms with van der Waals surface area (Å²) in [7, 11) is 2.01. The first-order valence-electron chi connectivity index (χ1n) is 6.50. The standard InChI is InChI=1S/C13H19ClN4O/c1-3-4-5-12-15-11(13(14)16-12)9-18(2)8-10-6-7-19-17-10/h6-7H,3-5,8-9H2,1-2H3,(H,15,16). The fourth-order valence-electron chi connectivity index (χ4n) is 1.93. The number of aromatic amines is 1. The number of rotatable bonds is 7. The highest BCUT2D eigenvalue weighted by Gasteiger charge is 2.11. The number of hydrogen-bond acceptors (Lipinski definition) is 4. The summed E-state index contributed by atoms with van der Waals surface area (Å²) >= 11 is 6.15. The van der Waals surface area contributed by atoms with Gasteiger partial charge in [0.2, 0.25) is 0 Å². The maximum Gasteiger partial charge on any atom is 0.151 e. The normalized spacial score (nSPS) is 11.4. The van der Waals surface area contributed by atoms with E-state index < -0.39 is 0 Å². The van der Waals surface area contributed by atoms with E-state index in [9.17, 15) is 0 Å². The molecule has 0 unspecified atom stereocenters. The molecule has 0 amide bonds. The van der Waals surface area contributed by atoms with Gasteiger partial charge in [-0.1, -0.05) is 30.1 Å². The van der Waals surface area contributed by atoms with Crippen molar-refractivity contribution in [1.82, 2.24) is 20.0 Å². The van der Waals surface area contributed by atoms with Crippen LogP contribution in [-0.4, -0.2) is 27.1 Å². The Bertz CT molecular complexity index is 495. The molecule has 0 aromatic carbocycles. The van der Waals surface area contributed by atoms with Crippen molar-refractivity contribution in [3.8, 4) is 0 Å². The summed E-state index contributed by atoms with van der Waals surface area (Å²) in [6.07, 6.45) is 4.80. The first kappa shape index (κ1) is 14.1. The monoisotopic (exact) mass is 282 g/mol. The van der Waals surface area contributed by atoms with E-state index in [2.05, 4.69) is 26.9 Å². The SMILES string of the molecule is CCCCc1nc(Cl)c(CN(C)Cc2ccon2)[nH]1. The van der Waals surface area contributed by atoms with Crippen LogP contribution in [0.15, 0.2) is 16.9 Å². The summed E-state index contributed by atoms with van der Waals surface area (Å²) < 4.78 is 4.81. The Morgan fingerprint density at radius 3 is 2.95 bits per heavy atom. The molecule has 0 radical (unpaired) electrons. The highest BCUT2D eigenvalue weighted by molar-refractivity contribution is 6.30. The van der Waals surface area contributed by atoms with Crippen LogP contribution >= 0.6 is 11.6 Å². The molecule has 0 bridgehead atoms. The quantitative estimate of drug-likeness (QED) is 0.848. The van der Waals surface area contributed by atoms with Gasteiger partial charge < -0.3 is 9.51 Å². The maximum atomic E-state index is 6.15. The maximum absolute atomic E-state index is 6.15. The molecule has 19 heavy (non-hydrogen) atoms. The van der Waals surface area contributed by atoms with Crippen LogP contribution in [0.1, 0.15) is 37.0 Å². The average molecular weight is 283 g/mol. The Balaban J connectivity index is 1.92. The van der Waals surface area contributed by atoms with Gasteiger partial charge in [0.15, 0.2) is 5.15 Å². The molecule has 2 aromatic rings.